The molecule has 0 bridgehead atoms. The van der Waals surface area contributed by atoms with Crippen molar-refractivity contribution in [1.29, 1.82) is 0 Å². The molecule has 0 spiro atoms. The minimum absolute atomic E-state index is 0. The van der Waals surface area contributed by atoms with Crippen molar-refractivity contribution < 1.29 is 47.7 Å². The van der Waals surface area contributed by atoms with Crippen molar-refractivity contribution in [2.24, 2.45) is 0 Å². The summed E-state index contributed by atoms with van der Waals surface area (Å²) in [5.74, 6) is 0. The summed E-state index contributed by atoms with van der Waals surface area (Å²) in [6.07, 6.45) is 16.6. The molecule has 2 unspecified atom stereocenters. The van der Waals surface area contributed by atoms with Gasteiger partial charge in [-0.15, -0.1) is 0 Å². The first-order chi connectivity index (χ1) is 7.35. The quantitative estimate of drug-likeness (QED) is 0.470. The molecule has 0 aliphatic heterocycles. The van der Waals surface area contributed by atoms with Gasteiger partial charge in [-0.3, -0.25) is 0 Å². The van der Waals surface area contributed by atoms with Gasteiger partial charge in [0.1, 0.15) is 0 Å². The second-order valence-electron chi connectivity index (χ2n) is 4.08. The summed E-state index contributed by atoms with van der Waals surface area (Å²) < 4.78 is 1.77. The molecule has 2 rings (SSSR count). The first kappa shape index (κ1) is 17.4. The second-order valence-corrected chi connectivity index (χ2v) is 9.75. The van der Waals surface area contributed by atoms with Crippen LogP contribution in [0.3, 0.4) is 0 Å². The Morgan fingerprint density at radius 2 is 1.29 bits per heavy atom. The standard InChI is InChI=1S/2C7H9.2ClH.Hf/c2*1-2-7-5-3-4-6-7;;;/h2*3-6H,2H2,1H3;2*1H;/q;;;;+2/p-2. The SMILES string of the molecule is CCC1=CC=C[CH]1[Hf+2][CH]1C=CC=C1CC.[Cl-].[Cl-]. The van der Waals surface area contributed by atoms with E-state index in [0.717, 1.165) is 7.35 Å². The van der Waals surface area contributed by atoms with E-state index in [1.165, 1.54) is 12.8 Å². The largest absolute Gasteiger partial charge is 1.00 e. The van der Waals surface area contributed by atoms with Crippen LogP contribution in [0.2, 0.25) is 7.35 Å². The molecule has 2 aliphatic carbocycles. The Kier molecular flexibility index (Phi) is 8.71. The third-order valence-electron chi connectivity index (χ3n) is 3.20. The van der Waals surface area contributed by atoms with Gasteiger partial charge in [0.25, 0.3) is 0 Å². The summed E-state index contributed by atoms with van der Waals surface area (Å²) in [5, 5.41) is 0. The predicted molar refractivity (Wildman–Crippen MR) is 62.5 cm³/mol. The minimum Gasteiger partial charge on any atom is -1.00 e. The summed E-state index contributed by atoms with van der Waals surface area (Å²) in [4.78, 5) is 0. The van der Waals surface area contributed by atoms with E-state index in [9.17, 15) is 0 Å². The first-order valence-corrected chi connectivity index (χ1v) is 10.0. The normalized spacial score (nSPS) is 24.6. The van der Waals surface area contributed by atoms with Crippen LogP contribution in [-0.2, 0) is 22.9 Å². The van der Waals surface area contributed by atoms with Crippen LogP contribution in [0.25, 0.3) is 0 Å². The molecule has 92 valence electrons. The topological polar surface area (TPSA) is 0 Å². The zero-order valence-electron chi connectivity index (χ0n) is 10.3. The van der Waals surface area contributed by atoms with Gasteiger partial charge in [-0.05, 0) is 0 Å². The fraction of sp³-hybridized carbons (Fsp3) is 0.429. The smallest absolute Gasteiger partial charge is 1.00 e. The molecule has 0 radical (unpaired) electrons. The van der Waals surface area contributed by atoms with Crippen molar-refractivity contribution in [2.75, 3.05) is 0 Å². The number of hydrogen-bond acceptors (Lipinski definition) is 0. The summed E-state index contributed by atoms with van der Waals surface area (Å²) in [6, 6.07) is 0. The van der Waals surface area contributed by atoms with Crippen LogP contribution in [0.15, 0.2) is 47.6 Å². The molecule has 0 aromatic carbocycles. The van der Waals surface area contributed by atoms with Gasteiger partial charge >= 0.3 is 105 Å². The van der Waals surface area contributed by atoms with Gasteiger partial charge in [-0.1, -0.05) is 0 Å². The molecule has 17 heavy (non-hydrogen) atoms. The average molecular weight is 436 g/mol. The summed E-state index contributed by atoms with van der Waals surface area (Å²) in [5.41, 5.74) is 3.38. The molecule has 0 saturated heterocycles. The summed E-state index contributed by atoms with van der Waals surface area (Å²) in [6.45, 7) is 4.58. The molecule has 0 nitrogen and oxygen atoms in total. The van der Waals surface area contributed by atoms with Gasteiger partial charge in [-0.25, -0.2) is 0 Å². The molecule has 0 amide bonds. The van der Waals surface area contributed by atoms with Crippen molar-refractivity contribution in [1.82, 2.24) is 0 Å². The van der Waals surface area contributed by atoms with E-state index < -0.39 is 22.9 Å². The van der Waals surface area contributed by atoms with Gasteiger partial charge in [0.2, 0.25) is 0 Å². The van der Waals surface area contributed by atoms with Gasteiger partial charge < -0.3 is 24.8 Å². The summed E-state index contributed by atoms with van der Waals surface area (Å²) >= 11 is -0.596. The van der Waals surface area contributed by atoms with Gasteiger partial charge in [0.05, 0.1) is 0 Å². The van der Waals surface area contributed by atoms with E-state index in [1.807, 2.05) is 0 Å². The molecule has 0 heterocycles. The van der Waals surface area contributed by atoms with Crippen LogP contribution in [0.1, 0.15) is 26.7 Å². The van der Waals surface area contributed by atoms with E-state index in [1.54, 1.807) is 11.1 Å². The Morgan fingerprint density at radius 1 is 0.882 bits per heavy atom. The predicted octanol–water partition coefficient (Wildman–Crippen LogP) is -1.53. The molecular weight excluding hydrogens is 418 g/mol. The molecule has 0 aromatic rings. The number of hydrogen-bond donors (Lipinski definition) is 0. The van der Waals surface area contributed by atoms with Crippen LogP contribution < -0.4 is 24.8 Å². The van der Waals surface area contributed by atoms with Crippen molar-refractivity contribution >= 4 is 0 Å². The first-order valence-electron chi connectivity index (χ1n) is 5.85. The average Bonchev–Trinajstić information content (AvgIpc) is 2.87. The van der Waals surface area contributed by atoms with Crippen molar-refractivity contribution in [3.8, 4) is 0 Å². The maximum absolute atomic E-state index is 2.45. The van der Waals surface area contributed by atoms with Crippen molar-refractivity contribution in [2.45, 2.75) is 34.0 Å². The van der Waals surface area contributed by atoms with E-state index in [-0.39, 0.29) is 24.8 Å². The van der Waals surface area contributed by atoms with Crippen molar-refractivity contribution in [3.63, 3.8) is 0 Å². The van der Waals surface area contributed by atoms with Gasteiger partial charge in [0, 0.05) is 0 Å². The third-order valence-corrected chi connectivity index (χ3v) is 9.83. The van der Waals surface area contributed by atoms with Crippen LogP contribution in [0, 0.1) is 0 Å². The summed E-state index contributed by atoms with van der Waals surface area (Å²) in [7, 11) is 0. The van der Waals surface area contributed by atoms with Crippen LogP contribution >= 0.6 is 0 Å². The van der Waals surface area contributed by atoms with Crippen molar-refractivity contribution in [3.05, 3.63) is 47.6 Å². The molecule has 0 saturated carbocycles. The molecule has 0 fully saturated rings. The van der Waals surface area contributed by atoms with E-state index >= 15 is 0 Å². The molecule has 3 heteroatoms. The van der Waals surface area contributed by atoms with Crippen LogP contribution in [-0.4, -0.2) is 0 Å². The zero-order valence-corrected chi connectivity index (χ0v) is 15.4. The fourth-order valence-electron chi connectivity index (χ4n) is 2.23. The van der Waals surface area contributed by atoms with Gasteiger partial charge in [-0.2, -0.15) is 0 Å². The maximum atomic E-state index is 2.45. The number of halogens is 2. The fourth-order valence-corrected chi connectivity index (χ4v) is 8.91. The Balaban J connectivity index is 0.00000128. The Hall–Kier alpha value is 0.410. The van der Waals surface area contributed by atoms with E-state index in [4.69, 9.17) is 0 Å². The Bertz CT molecular complexity index is 319. The molecular formula is C14H18Cl2Hf. The van der Waals surface area contributed by atoms with E-state index in [0.29, 0.717) is 0 Å². The second kappa shape index (κ2) is 8.50. The minimum atomic E-state index is -0.596. The Morgan fingerprint density at radius 3 is 1.65 bits per heavy atom. The number of rotatable bonds is 4. The maximum Gasteiger partial charge on any atom is -1.00 e. The van der Waals surface area contributed by atoms with Gasteiger partial charge in [0.15, 0.2) is 0 Å². The Labute approximate surface area is 129 Å². The van der Waals surface area contributed by atoms with Crippen LogP contribution in [0.4, 0.5) is 0 Å². The monoisotopic (exact) mass is 436 g/mol. The van der Waals surface area contributed by atoms with E-state index in [2.05, 4.69) is 50.3 Å². The number of allylic oxidation sites excluding steroid dienone is 8. The molecule has 2 aliphatic rings. The molecule has 0 aromatic heterocycles. The third kappa shape index (κ3) is 4.22. The molecule has 2 atom stereocenters. The van der Waals surface area contributed by atoms with Crippen LogP contribution in [0.5, 0.6) is 0 Å². The molecule has 0 N–H and O–H groups in total. The zero-order chi connectivity index (χ0) is 10.7.